The second kappa shape index (κ2) is 8.36. The van der Waals surface area contributed by atoms with Crippen molar-refractivity contribution in [3.05, 3.63) is 73.6 Å². The molecule has 0 amide bonds. The van der Waals surface area contributed by atoms with Crippen LogP contribution in [0.15, 0.2) is 41.2 Å². The molecule has 2 heterocycles. The molecule has 1 aromatic carbocycles. The van der Waals surface area contributed by atoms with Gasteiger partial charge in [0, 0.05) is 17.8 Å². The molecule has 0 aliphatic rings. The largest absolute Gasteiger partial charge is 0.477 e. The van der Waals surface area contributed by atoms with Gasteiger partial charge in [0.15, 0.2) is 0 Å². The number of carboxylic acids is 1. The predicted molar refractivity (Wildman–Crippen MR) is 112 cm³/mol. The van der Waals surface area contributed by atoms with Crippen molar-refractivity contribution >= 4 is 29.2 Å². The van der Waals surface area contributed by atoms with E-state index in [-0.39, 0.29) is 39.2 Å². The molecule has 0 unspecified atom stereocenters. The minimum Gasteiger partial charge on any atom is -0.477 e. The van der Waals surface area contributed by atoms with E-state index in [1.807, 2.05) is 0 Å². The first kappa shape index (κ1) is 22.8. The Kier molecular flexibility index (Phi) is 6.16. The van der Waals surface area contributed by atoms with E-state index in [4.69, 9.17) is 23.2 Å². The van der Waals surface area contributed by atoms with Crippen molar-refractivity contribution in [3.63, 3.8) is 0 Å². The number of hydrogen-bond acceptors (Lipinski definition) is 3. The molecule has 3 rings (SSSR count). The SMILES string of the molecule is CCn1c(C)c(-c2cccc(C(F)(F)F)c2)c(=O)c(C(=O)O)c1-c1ccc(Cl)c(Cl)n1. The van der Waals surface area contributed by atoms with Crippen molar-refractivity contribution in [2.24, 2.45) is 0 Å². The van der Waals surface area contributed by atoms with Gasteiger partial charge in [-0.25, -0.2) is 9.78 Å². The van der Waals surface area contributed by atoms with Crippen molar-refractivity contribution in [2.75, 3.05) is 0 Å². The monoisotopic (exact) mass is 470 g/mol. The molecule has 0 atom stereocenters. The standard InChI is InChI=1S/C21H15Cl2F3N2O3/c1-3-28-10(2)15(11-5-4-6-12(9-11)21(24,25)26)18(29)16(20(30)31)17(28)14-8-7-13(22)19(23)27-14/h4-9H,3H2,1-2H3,(H,30,31). The third kappa shape index (κ3) is 4.18. The van der Waals surface area contributed by atoms with E-state index >= 15 is 0 Å². The van der Waals surface area contributed by atoms with Gasteiger partial charge in [-0.1, -0.05) is 35.3 Å². The molecule has 0 aliphatic carbocycles. The van der Waals surface area contributed by atoms with Crippen LogP contribution >= 0.6 is 23.2 Å². The van der Waals surface area contributed by atoms with E-state index in [9.17, 15) is 27.9 Å². The van der Waals surface area contributed by atoms with Gasteiger partial charge in [0.2, 0.25) is 5.43 Å². The Morgan fingerprint density at radius 1 is 1.19 bits per heavy atom. The van der Waals surface area contributed by atoms with Gasteiger partial charge < -0.3 is 9.67 Å². The van der Waals surface area contributed by atoms with E-state index in [0.29, 0.717) is 5.69 Å². The number of alkyl halides is 3. The summed E-state index contributed by atoms with van der Waals surface area (Å²) in [5.41, 5.74) is -2.26. The van der Waals surface area contributed by atoms with Gasteiger partial charge in [0.05, 0.1) is 22.0 Å². The number of aromatic nitrogens is 2. The average Bonchev–Trinajstić information content (AvgIpc) is 2.69. The zero-order valence-electron chi connectivity index (χ0n) is 16.2. The Labute approximate surface area is 184 Å². The van der Waals surface area contributed by atoms with Crippen LogP contribution in [0, 0.1) is 6.92 Å². The van der Waals surface area contributed by atoms with Crippen molar-refractivity contribution in [1.29, 1.82) is 0 Å². The van der Waals surface area contributed by atoms with Crippen molar-refractivity contribution in [3.8, 4) is 22.5 Å². The number of pyridine rings is 2. The summed E-state index contributed by atoms with van der Waals surface area (Å²) in [4.78, 5) is 29.4. The van der Waals surface area contributed by atoms with Crippen LogP contribution in [0.5, 0.6) is 0 Å². The quantitative estimate of drug-likeness (QED) is 0.479. The molecule has 0 bridgehead atoms. The number of rotatable bonds is 4. The highest BCUT2D eigenvalue weighted by molar-refractivity contribution is 6.41. The topological polar surface area (TPSA) is 72.2 Å². The Bertz CT molecular complexity index is 1250. The second-order valence-electron chi connectivity index (χ2n) is 6.61. The third-order valence-corrected chi connectivity index (χ3v) is 5.47. The normalized spacial score (nSPS) is 11.6. The van der Waals surface area contributed by atoms with Gasteiger partial charge in [0.25, 0.3) is 0 Å². The third-order valence-electron chi connectivity index (χ3n) is 4.78. The van der Waals surface area contributed by atoms with Crippen LogP contribution in [-0.2, 0) is 12.7 Å². The predicted octanol–water partition coefficient (Wildman–Crippen LogP) is 5.93. The average molecular weight is 471 g/mol. The smallest absolute Gasteiger partial charge is 0.416 e. The summed E-state index contributed by atoms with van der Waals surface area (Å²) in [6, 6.07) is 7.04. The van der Waals surface area contributed by atoms with E-state index < -0.39 is 28.7 Å². The lowest BCUT2D eigenvalue weighted by molar-refractivity contribution is -0.137. The molecule has 162 valence electrons. The summed E-state index contributed by atoms with van der Waals surface area (Å²) in [6.45, 7) is 3.46. The summed E-state index contributed by atoms with van der Waals surface area (Å²) < 4.78 is 41.1. The van der Waals surface area contributed by atoms with E-state index in [1.54, 1.807) is 6.92 Å². The molecular formula is C21H15Cl2F3N2O3. The van der Waals surface area contributed by atoms with Crippen molar-refractivity contribution < 1.29 is 23.1 Å². The first-order chi connectivity index (χ1) is 14.5. The van der Waals surface area contributed by atoms with Crippen LogP contribution in [-0.4, -0.2) is 20.6 Å². The van der Waals surface area contributed by atoms with Crippen molar-refractivity contribution in [2.45, 2.75) is 26.6 Å². The van der Waals surface area contributed by atoms with Gasteiger partial charge in [-0.05, 0) is 43.7 Å². The van der Waals surface area contributed by atoms with Crippen LogP contribution < -0.4 is 5.43 Å². The number of hydrogen-bond donors (Lipinski definition) is 1. The molecular weight excluding hydrogens is 456 g/mol. The van der Waals surface area contributed by atoms with E-state index in [2.05, 4.69) is 4.98 Å². The lowest BCUT2D eigenvalue weighted by Gasteiger charge is -2.21. The zero-order valence-corrected chi connectivity index (χ0v) is 17.7. The maximum atomic E-state index is 13.2. The number of nitrogens with zero attached hydrogens (tertiary/aromatic N) is 2. The maximum absolute atomic E-state index is 13.2. The zero-order chi connectivity index (χ0) is 23.1. The molecule has 0 saturated carbocycles. The summed E-state index contributed by atoms with van der Waals surface area (Å²) in [7, 11) is 0. The van der Waals surface area contributed by atoms with Crippen LogP contribution in [0.4, 0.5) is 13.2 Å². The molecule has 1 N–H and O–H groups in total. The number of carboxylic acid groups (broad SMARTS) is 1. The van der Waals surface area contributed by atoms with E-state index in [0.717, 1.165) is 12.1 Å². The molecule has 5 nitrogen and oxygen atoms in total. The second-order valence-corrected chi connectivity index (χ2v) is 7.38. The Morgan fingerprint density at radius 2 is 1.87 bits per heavy atom. The lowest BCUT2D eigenvalue weighted by atomic mass is 9.96. The number of carbonyl (C=O) groups is 1. The molecule has 10 heteroatoms. The minimum atomic E-state index is -4.62. The molecule has 0 radical (unpaired) electrons. The summed E-state index contributed by atoms with van der Waals surface area (Å²) in [6.07, 6.45) is -4.62. The summed E-state index contributed by atoms with van der Waals surface area (Å²) in [5.74, 6) is -1.54. The minimum absolute atomic E-state index is 0.00760. The Morgan fingerprint density at radius 3 is 2.42 bits per heavy atom. The molecule has 0 spiro atoms. The van der Waals surface area contributed by atoms with E-state index in [1.165, 1.54) is 35.8 Å². The maximum Gasteiger partial charge on any atom is 0.416 e. The summed E-state index contributed by atoms with van der Waals surface area (Å²) >= 11 is 11.9. The molecule has 3 aromatic rings. The fraction of sp³-hybridized carbons (Fsp3) is 0.190. The highest BCUT2D eigenvalue weighted by atomic mass is 35.5. The Balaban J connectivity index is 2.43. The lowest BCUT2D eigenvalue weighted by Crippen LogP contribution is -2.25. The van der Waals surface area contributed by atoms with Crippen LogP contribution in [0.1, 0.15) is 28.5 Å². The van der Waals surface area contributed by atoms with Gasteiger partial charge in [-0.15, -0.1) is 0 Å². The first-order valence-electron chi connectivity index (χ1n) is 8.98. The van der Waals surface area contributed by atoms with Crippen LogP contribution in [0.25, 0.3) is 22.5 Å². The number of halogens is 5. The van der Waals surface area contributed by atoms with Gasteiger partial charge in [0.1, 0.15) is 10.7 Å². The molecule has 0 saturated heterocycles. The fourth-order valence-corrected chi connectivity index (χ4v) is 3.69. The molecule has 31 heavy (non-hydrogen) atoms. The van der Waals surface area contributed by atoms with Crippen LogP contribution in [0.3, 0.4) is 0 Å². The first-order valence-corrected chi connectivity index (χ1v) is 9.73. The summed E-state index contributed by atoms with van der Waals surface area (Å²) in [5, 5.41) is 9.88. The highest BCUT2D eigenvalue weighted by Gasteiger charge is 2.32. The molecule has 0 fully saturated rings. The van der Waals surface area contributed by atoms with Gasteiger partial charge in [-0.2, -0.15) is 13.2 Å². The highest BCUT2D eigenvalue weighted by Crippen LogP contribution is 2.34. The van der Waals surface area contributed by atoms with Gasteiger partial charge in [-0.3, -0.25) is 4.79 Å². The molecule has 2 aromatic heterocycles. The molecule has 0 aliphatic heterocycles. The Hall–Kier alpha value is -2.84. The fourth-order valence-electron chi connectivity index (χ4n) is 3.43. The van der Waals surface area contributed by atoms with Crippen molar-refractivity contribution in [1.82, 2.24) is 9.55 Å². The van der Waals surface area contributed by atoms with Crippen LogP contribution in [0.2, 0.25) is 10.2 Å². The number of benzene rings is 1. The number of aromatic carboxylic acids is 1. The van der Waals surface area contributed by atoms with Gasteiger partial charge >= 0.3 is 12.1 Å².